The zero-order valence-corrected chi connectivity index (χ0v) is 15.3. The molecule has 0 bridgehead atoms. The van der Waals surface area contributed by atoms with Crippen LogP contribution < -0.4 is 16.4 Å². The van der Waals surface area contributed by atoms with E-state index < -0.39 is 0 Å². The average molecular weight is 366 g/mol. The molecule has 26 heavy (non-hydrogen) atoms. The van der Waals surface area contributed by atoms with Gasteiger partial charge < -0.3 is 16.4 Å². The number of aromatic nitrogens is 1. The summed E-state index contributed by atoms with van der Waals surface area (Å²) in [5.41, 5.74) is 9.45. The van der Waals surface area contributed by atoms with Gasteiger partial charge in [-0.3, -0.25) is 4.79 Å². The predicted molar refractivity (Wildman–Crippen MR) is 107 cm³/mol. The van der Waals surface area contributed by atoms with Gasteiger partial charge in [0.15, 0.2) is 5.13 Å². The van der Waals surface area contributed by atoms with Crippen LogP contribution in [0.1, 0.15) is 16.8 Å². The first kappa shape index (κ1) is 18.1. The molecule has 6 heteroatoms. The smallest absolute Gasteiger partial charge is 0.230 e. The minimum absolute atomic E-state index is 0.0727. The predicted octanol–water partition coefficient (Wildman–Crippen LogP) is 3.44. The fraction of sp³-hybridized carbons (Fsp3) is 0.200. The van der Waals surface area contributed by atoms with Crippen LogP contribution in [0.25, 0.3) is 0 Å². The molecule has 0 saturated heterocycles. The van der Waals surface area contributed by atoms with E-state index in [0.29, 0.717) is 6.54 Å². The van der Waals surface area contributed by atoms with Gasteiger partial charge >= 0.3 is 0 Å². The number of hydrogen-bond donors (Lipinski definition) is 3. The van der Waals surface area contributed by atoms with Gasteiger partial charge in [-0.2, -0.15) is 0 Å². The first-order chi connectivity index (χ1) is 12.7. The van der Waals surface area contributed by atoms with Crippen molar-refractivity contribution in [1.82, 2.24) is 4.98 Å². The van der Waals surface area contributed by atoms with Crippen molar-refractivity contribution >= 4 is 28.1 Å². The highest BCUT2D eigenvalue weighted by Gasteiger charge is 2.08. The summed E-state index contributed by atoms with van der Waals surface area (Å²) in [6, 6.07) is 17.9. The average Bonchev–Trinajstić information content (AvgIpc) is 3.10. The summed E-state index contributed by atoms with van der Waals surface area (Å²) in [5, 5.41) is 8.92. The van der Waals surface area contributed by atoms with Crippen LogP contribution in [0.5, 0.6) is 0 Å². The Morgan fingerprint density at radius 2 is 1.81 bits per heavy atom. The SMILES string of the molecule is NCCc1ccc(NC(=O)Cc2csc(NCc3ccccc3)n2)cc1. The van der Waals surface area contributed by atoms with E-state index in [1.54, 1.807) is 0 Å². The molecule has 0 aliphatic carbocycles. The highest BCUT2D eigenvalue weighted by molar-refractivity contribution is 7.13. The molecule has 0 unspecified atom stereocenters. The minimum Gasteiger partial charge on any atom is -0.357 e. The zero-order chi connectivity index (χ0) is 18.2. The Morgan fingerprint density at radius 1 is 1.04 bits per heavy atom. The maximum Gasteiger partial charge on any atom is 0.230 e. The van der Waals surface area contributed by atoms with Gasteiger partial charge in [-0.05, 0) is 36.2 Å². The van der Waals surface area contributed by atoms with Crippen LogP contribution in [0.4, 0.5) is 10.8 Å². The monoisotopic (exact) mass is 366 g/mol. The lowest BCUT2D eigenvalue weighted by molar-refractivity contribution is -0.115. The maximum absolute atomic E-state index is 12.2. The number of nitrogens with one attached hydrogen (secondary N) is 2. The first-order valence-electron chi connectivity index (χ1n) is 8.54. The van der Waals surface area contributed by atoms with Crippen LogP contribution in [0, 0.1) is 0 Å². The number of amides is 1. The fourth-order valence-electron chi connectivity index (χ4n) is 2.53. The van der Waals surface area contributed by atoms with Crippen molar-refractivity contribution in [2.45, 2.75) is 19.4 Å². The highest BCUT2D eigenvalue weighted by Crippen LogP contribution is 2.17. The van der Waals surface area contributed by atoms with Gasteiger partial charge in [-0.15, -0.1) is 11.3 Å². The second-order valence-corrected chi connectivity index (χ2v) is 6.80. The Kier molecular flexibility index (Phi) is 6.35. The Labute approximate surface area is 157 Å². The summed E-state index contributed by atoms with van der Waals surface area (Å²) < 4.78 is 0. The normalized spacial score (nSPS) is 10.5. The summed E-state index contributed by atoms with van der Waals surface area (Å²) in [4.78, 5) is 16.7. The molecule has 0 fully saturated rings. The van der Waals surface area contributed by atoms with Gasteiger partial charge in [0.05, 0.1) is 12.1 Å². The van der Waals surface area contributed by atoms with E-state index >= 15 is 0 Å². The van der Waals surface area contributed by atoms with Crippen LogP contribution in [-0.2, 0) is 24.2 Å². The second kappa shape index (κ2) is 9.12. The molecule has 0 radical (unpaired) electrons. The van der Waals surface area contributed by atoms with Crippen LogP contribution in [0.15, 0.2) is 60.0 Å². The standard InChI is InChI=1S/C20H22N4OS/c21-11-10-15-6-8-17(9-7-15)23-19(25)12-18-14-26-20(24-18)22-13-16-4-2-1-3-5-16/h1-9,14H,10-13,21H2,(H,22,24)(H,23,25). The number of carbonyl (C=O) groups excluding carboxylic acids is 1. The molecule has 1 heterocycles. The van der Waals surface area contributed by atoms with Crippen molar-refractivity contribution in [3.8, 4) is 0 Å². The maximum atomic E-state index is 12.2. The molecular weight excluding hydrogens is 344 g/mol. The minimum atomic E-state index is -0.0727. The molecule has 3 aromatic rings. The summed E-state index contributed by atoms with van der Waals surface area (Å²) in [5.74, 6) is -0.0727. The molecule has 0 aliphatic heterocycles. The van der Waals surface area contributed by atoms with Crippen molar-refractivity contribution in [1.29, 1.82) is 0 Å². The fourth-order valence-corrected chi connectivity index (χ4v) is 3.24. The Morgan fingerprint density at radius 3 is 2.54 bits per heavy atom. The van der Waals surface area contributed by atoms with Gasteiger partial charge in [0.25, 0.3) is 0 Å². The Balaban J connectivity index is 1.49. The summed E-state index contributed by atoms with van der Waals surface area (Å²) in [7, 11) is 0. The van der Waals surface area contributed by atoms with Crippen molar-refractivity contribution in [2.75, 3.05) is 17.2 Å². The highest BCUT2D eigenvalue weighted by atomic mass is 32.1. The number of nitrogens with zero attached hydrogens (tertiary/aromatic N) is 1. The molecule has 4 N–H and O–H groups in total. The van der Waals surface area contributed by atoms with Crippen molar-refractivity contribution in [3.63, 3.8) is 0 Å². The number of nitrogens with two attached hydrogens (primary N) is 1. The topological polar surface area (TPSA) is 80.0 Å². The van der Waals surface area contributed by atoms with Crippen molar-refractivity contribution in [2.24, 2.45) is 5.73 Å². The first-order valence-corrected chi connectivity index (χ1v) is 9.42. The van der Waals surface area contributed by atoms with E-state index in [1.807, 2.05) is 47.8 Å². The lowest BCUT2D eigenvalue weighted by Crippen LogP contribution is -2.14. The number of benzene rings is 2. The van der Waals surface area contributed by atoms with Gasteiger partial charge in [-0.25, -0.2) is 4.98 Å². The molecular formula is C20H22N4OS. The zero-order valence-electron chi connectivity index (χ0n) is 14.4. The van der Waals surface area contributed by atoms with E-state index in [-0.39, 0.29) is 12.3 Å². The summed E-state index contributed by atoms with van der Waals surface area (Å²) in [6.45, 7) is 1.34. The molecule has 0 spiro atoms. The van der Waals surface area contributed by atoms with E-state index in [2.05, 4.69) is 27.8 Å². The number of carbonyl (C=O) groups is 1. The van der Waals surface area contributed by atoms with E-state index in [9.17, 15) is 4.79 Å². The number of hydrogen-bond acceptors (Lipinski definition) is 5. The molecule has 0 saturated carbocycles. The van der Waals surface area contributed by atoms with E-state index in [1.165, 1.54) is 22.5 Å². The van der Waals surface area contributed by atoms with E-state index in [0.717, 1.165) is 29.5 Å². The van der Waals surface area contributed by atoms with E-state index in [4.69, 9.17) is 5.73 Å². The van der Waals surface area contributed by atoms with Crippen molar-refractivity contribution < 1.29 is 4.79 Å². The molecule has 134 valence electrons. The summed E-state index contributed by atoms with van der Waals surface area (Å²) in [6.07, 6.45) is 1.10. The number of rotatable bonds is 8. The number of anilines is 2. The largest absolute Gasteiger partial charge is 0.357 e. The molecule has 0 atom stereocenters. The Hall–Kier alpha value is -2.70. The van der Waals surface area contributed by atoms with Gasteiger partial charge in [0.1, 0.15) is 0 Å². The second-order valence-electron chi connectivity index (χ2n) is 5.94. The lowest BCUT2D eigenvalue weighted by atomic mass is 10.1. The van der Waals surface area contributed by atoms with Crippen LogP contribution >= 0.6 is 11.3 Å². The Bertz CT molecular complexity index is 831. The molecule has 1 aromatic heterocycles. The molecule has 1 amide bonds. The third kappa shape index (κ3) is 5.40. The molecule has 2 aromatic carbocycles. The quantitative estimate of drug-likeness (QED) is 0.570. The van der Waals surface area contributed by atoms with Crippen LogP contribution in [0.2, 0.25) is 0 Å². The number of thiazole rings is 1. The third-order valence-electron chi connectivity index (χ3n) is 3.85. The lowest BCUT2D eigenvalue weighted by Gasteiger charge is -2.05. The van der Waals surface area contributed by atoms with Gasteiger partial charge in [0.2, 0.25) is 5.91 Å². The molecule has 5 nitrogen and oxygen atoms in total. The molecule has 3 rings (SSSR count). The van der Waals surface area contributed by atoms with Gasteiger partial charge in [-0.1, -0.05) is 42.5 Å². The third-order valence-corrected chi connectivity index (χ3v) is 4.70. The van der Waals surface area contributed by atoms with Crippen LogP contribution in [0.3, 0.4) is 0 Å². The van der Waals surface area contributed by atoms with Crippen molar-refractivity contribution in [3.05, 3.63) is 76.8 Å². The van der Waals surface area contributed by atoms with Gasteiger partial charge in [0, 0.05) is 17.6 Å². The summed E-state index contributed by atoms with van der Waals surface area (Å²) >= 11 is 1.51. The van der Waals surface area contributed by atoms with Crippen LogP contribution in [-0.4, -0.2) is 17.4 Å². The molecule has 0 aliphatic rings.